The fraction of sp³-hybridized carbons (Fsp3) is 0.444. The first-order valence-corrected chi connectivity index (χ1v) is 8.26. The summed E-state index contributed by atoms with van der Waals surface area (Å²) in [6.07, 6.45) is 0. The van der Waals surface area contributed by atoms with Gasteiger partial charge in [-0.05, 0) is 24.6 Å². The fourth-order valence-corrected chi connectivity index (χ4v) is 2.86. The van der Waals surface area contributed by atoms with Crippen LogP contribution in [0.4, 0.5) is 16.2 Å². The largest absolute Gasteiger partial charge is 0.363 e. The average molecular weight is 329 g/mol. The number of aryl methyl sites for hydroxylation is 1. The van der Waals surface area contributed by atoms with Gasteiger partial charge in [0.15, 0.2) is 0 Å². The van der Waals surface area contributed by atoms with Crippen molar-refractivity contribution in [3.8, 4) is 0 Å². The summed E-state index contributed by atoms with van der Waals surface area (Å²) in [5.41, 5.74) is 2.13. The summed E-state index contributed by atoms with van der Waals surface area (Å²) >= 11 is 0. The van der Waals surface area contributed by atoms with Crippen LogP contribution in [0.3, 0.4) is 0 Å². The third kappa shape index (κ3) is 4.00. The highest BCUT2D eigenvalue weighted by Crippen LogP contribution is 2.18. The zero-order valence-electron chi connectivity index (χ0n) is 14.5. The number of hydrogen-bond donors (Lipinski definition) is 0. The van der Waals surface area contributed by atoms with Crippen molar-refractivity contribution < 1.29 is 4.39 Å². The molecule has 0 bridgehead atoms. The topological polar surface area (TPSA) is 35.5 Å². The molecule has 3 rings (SSSR count). The van der Waals surface area contributed by atoms with E-state index in [1.165, 1.54) is 12.1 Å². The predicted octanol–water partition coefficient (Wildman–Crippen LogP) is 2.31. The molecular formula is C18H24FN5. The van der Waals surface area contributed by atoms with Gasteiger partial charge in [0.2, 0.25) is 5.95 Å². The van der Waals surface area contributed by atoms with E-state index in [2.05, 4.69) is 19.8 Å². The third-order valence-electron chi connectivity index (χ3n) is 4.26. The molecule has 2 heterocycles. The Morgan fingerprint density at radius 1 is 1.04 bits per heavy atom. The molecule has 0 N–H and O–H groups in total. The smallest absolute Gasteiger partial charge is 0.227 e. The van der Waals surface area contributed by atoms with E-state index < -0.39 is 0 Å². The lowest BCUT2D eigenvalue weighted by atomic mass is 10.2. The molecule has 0 aliphatic carbocycles. The van der Waals surface area contributed by atoms with Gasteiger partial charge in [-0.15, -0.1) is 0 Å². The summed E-state index contributed by atoms with van der Waals surface area (Å²) in [7, 11) is 3.98. The van der Waals surface area contributed by atoms with Crippen LogP contribution >= 0.6 is 0 Å². The highest BCUT2D eigenvalue weighted by molar-refractivity contribution is 5.45. The van der Waals surface area contributed by atoms with Crippen molar-refractivity contribution in [2.24, 2.45) is 0 Å². The standard InChI is InChI=1S/C18H24FN5/c1-14-12-17(22(2)3)21-18(20-14)24-10-8-23(9-11-24)13-15-4-6-16(19)7-5-15/h4-7,12H,8-11,13H2,1-3H3. The Morgan fingerprint density at radius 2 is 1.71 bits per heavy atom. The van der Waals surface area contributed by atoms with Crippen LogP contribution < -0.4 is 9.80 Å². The Bertz CT molecular complexity index is 678. The molecule has 1 aromatic heterocycles. The molecule has 0 atom stereocenters. The van der Waals surface area contributed by atoms with Crippen LogP contribution in [-0.2, 0) is 6.54 Å². The maximum Gasteiger partial charge on any atom is 0.227 e. The highest BCUT2D eigenvalue weighted by atomic mass is 19.1. The van der Waals surface area contributed by atoms with E-state index in [9.17, 15) is 4.39 Å². The average Bonchev–Trinajstić information content (AvgIpc) is 2.57. The van der Waals surface area contributed by atoms with Crippen LogP contribution in [-0.4, -0.2) is 55.1 Å². The second kappa shape index (κ2) is 7.13. The van der Waals surface area contributed by atoms with Gasteiger partial charge in [-0.2, -0.15) is 4.98 Å². The second-order valence-corrected chi connectivity index (χ2v) is 6.45. The van der Waals surface area contributed by atoms with Crippen molar-refractivity contribution in [1.82, 2.24) is 14.9 Å². The summed E-state index contributed by atoms with van der Waals surface area (Å²) < 4.78 is 13.0. The number of aromatic nitrogens is 2. The quantitative estimate of drug-likeness (QED) is 0.860. The minimum Gasteiger partial charge on any atom is -0.363 e. The first-order chi connectivity index (χ1) is 11.5. The van der Waals surface area contributed by atoms with Gasteiger partial charge in [-0.1, -0.05) is 12.1 Å². The minimum atomic E-state index is -0.183. The molecule has 1 fully saturated rings. The maximum absolute atomic E-state index is 13.0. The number of rotatable bonds is 4. The number of hydrogen-bond acceptors (Lipinski definition) is 5. The SMILES string of the molecule is Cc1cc(N(C)C)nc(N2CCN(Cc3ccc(F)cc3)CC2)n1. The van der Waals surface area contributed by atoms with Crippen LogP contribution in [0.2, 0.25) is 0 Å². The molecule has 1 saturated heterocycles. The summed E-state index contributed by atoms with van der Waals surface area (Å²) in [5, 5.41) is 0. The molecule has 0 amide bonds. The van der Waals surface area contributed by atoms with Crippen LogP contribution in [0.5, 0.6) is 0 Å². The molecule has 128 valence electrons. The molecule has 0 spiro atoms. The van der Waals surface area contributed by atoms with Gasteiger partial charge in [0, 0.05) is 58.6 Å². The maximum atomic E-state index is 13.0. The highest BCUT2D eigenvalue weighted by Gasteiger charge is 2.20. The fourth-order valence-electron chi connectivity index (χ4n) is 2.86. The number of piperazine rings is 1. The summed E-state index contributed by atoms with van der Waals surface area (Å²) in [6.45, 7) is 6.56. The lowest BCUT2D eigenvalue weighted by Crippen LogP contribution is -2.46. The first-order valence-electron chi connectivity index (χ1n) is 8.26. The molecule has 0 unspecified atom stereocenters. The molecule has 1 aromatic carbocycles. The third-order valence-corrected chi connectivity index (χ3v) is 4.26. The molecule has 2 aromatic rings. The van der Waals surface area contributed by atoms with Crippen LogP contribution in [0, 0.1) is 12.7 Å². The van der Waals surface area contributed by atoms with Gasteiger partial charge in [-0.3, -0.25) is 4.90 Å². The summed E-state index contributed by atoms with van der Waals surface area (Å²) in [5.74, 6) is 1.56. The van der Waals surface area contributed by atoms with E-state index in [1.807, 2.05) is 44.1 Å². The molecule has 0 saturated carbocycles. The Morgan fingerprint density at radius 3 is 2.33 bits per heavy atom. The van der Waals surface area contributed by atoms with E-state index in [0.717, 1.165) is 55.7 Å². The van der Waals surface area contributed by atoms with Crippen LogP contribution in [0.1, 0.15) is 11.3 Å². The van der Waals surface area contributed by atoms with E-state index in [4.69, 9.17) is 0 Å². The molecule has 1 aliphatic rings. The first kappa shape index (κ1) is 16.6. The van der Waals surface area contributed by atoms with Crippen molar-refractivity contribution in [3.05, 3.63) is 47.4 Å². The predicted molar refractivity (Wildman–Crippen MR) is 95.0 cm³/mol. The van der Waals surface area contributed by atoms with Crippen LogP contribution in [0.15, 0.2) is 30.3 Å². The molecule has 5 nitrogen and oxygen atoms in total. The van der Waals surface area contributed by atoms with E-state index in [-0.39, 0.29) is 5.82 Å². The Kier molecular flexibility index (Phi) is 4.94. The molecule has 24 heavy (non-hydrogen) atoms. The van der Waals surface area contributed by atoms with Crippen molar-refractivity contribution in [2.75, 3.05) is 50.1 Å². The van der Waals surface area contributed by atoms with Gasteiger partial charge in [0.25, 0.3) is 0 Å². The summed E-state index contributed by atoms with van der Waals surface area (Å²) in [6, 6.07) is 8.75. The van der Waals surface area contributed by atoms with Crippen LogP contribution in [0.25, 0.3) is 0 Å². The second-order valence-electron chi connectivity index (χ2n) is 6.45. The van der Waals surface area contributed by atoms with Gasteiger partial charge < -0.3 is 9.80 Å². The van der Waals surface area contributed by atoms with Gasteiger partial charge in [0.1, 0.15) is 11.6 Å². The van der Waals surface area contributed by atoms with Gasteiger partial charge in [0.05, 0.1) is 0 Å². The monoisotopic (exact) mass is 329 g/mol. The lowest BCUT2D eigenvalue weighted by Gasteiger charge is -2.35. The molecular weight excluding hydrogens is 305 g/mol. The van der Waals surface area contributed by atoms with E-state index in [1.54, 1.807) is 0 Å². The lowest BCUT2D eigenvalue weighted by molar-refractivity contribution is 0.248. The van der Waals surface area contributed by atoms with Crippen molar-refractivity contribution in [3.63, 3.8) is 0 Å². The van der Waals surface area contributed by atoms with E-state index >= 15 is 0 Å². The molecule has 0 radical (unpaired) electrons. The van der Waals surface area contributed by atoms with Gasteiger partial charge >= 0.3 is 0 Å². The normalized spacial score (nSPS) is 15.6. The van der Waals surface area contributed by atoms with Crippen molar-refractivity contribution in [2.45, 2.75) is 13.5 Å². The number of anilines is 2. The Labute approximate surface area is 142 Å². The number of nitrogens with zero attached hydrogens (tertiary/aromatic N) is 5. The molecule has 1 aliphatic heterocycles. The molecule has 6 heteroatoms. The Hall–Kier alpha value is -2.21. The van der Waals surface area contributed by atoms with Crippen molar-refractivity contribution >= 4 is 11.8 Å². The van der Waals surface area contributed by atoms with Crippen molar-refractivity contribution in [1.29, 1.82) is 0 Å². The minimum absolute atomic E-state index is 0.183. The zero-order valence-corrected chi connectivity index (χ0v) is 14.5. The number of benzene rings is 1. The Balaban J connectivity index is 1.61. The number of halogens is 1. The zero-order chi connectivity index (χ0) is 17.1. The van der Waals surface area contributed by atoms with E-state index in [0.29, 0.717) is 0 Å². The van der Waals surface area contributed by atoms with Gasteiger partial charge in [-0.25, -0.2) is 9.37 Å². The summed E-state index contributed by atoms with van der Waals surface area (Å²) in [4.78, 5) is 15.9.